The lowest BCUT2D eigenvalue weighted by Gasteiger charge is -2.37. The standard InChI is InChI=1S/C15H22N2O3/c1-17-7-4-15(16,5-8-17)6-9-18-12-2-3-13-14(10-12)20-11-19-13/h2-3,10H,4-9,11,16H2,1H3. The number of hydrogen-bond acceptors (Lipinski definition) is 5. The highest BCUT2D eigenvalue weighted by Gasteiger charge is 2.29. The average molecular weight is 278 g/mol. The van der Waals surface area contributed by atoms with Crippen molar-refractivity contribution in [2.45, 2.75) is 24.8 Å². The van der Waals surface area contributed by atoms with Crippen LogP contribution < -0.4 is 19.9 Å². The number of rotatable bonds is 4. The number of hydrogen-bond donors (Lipinski definition) is 1. The topological polar surface area (TPSA) is 57.0 Å². The maximum Gasteiger partial charge on any atom is 0.231 e. The van der Waals surface area contributed by atoms with Crippen LogP contribution in [0.2, 0.25) is 0 Å². The van der Waals surface area contributed by atoms with Gasteiger partial charge in [-0.2, -0.15) is 0 Å². The summed E-state index contributed by atoms with van der Waals surface area (Å²) in [4.78, 5) is 2.32. The van der Waals surface area contributed by atoms with Crippen LogP contribution >= 0.6 is 0 Å². The quantitative estimate of drug-likeness (QED) is 0.906. The fourth-order valence-corrected chi connectivity index (χ4v) is 2.65. The lowest BCUT2D eigenvalue weighted by Crippen LogP contribution is -2.50. The Morgan fingerprint density at radius 3 is 2.80 bits per heavy atom. The van der Waals surface area contributed by atoms with Crippen molar-refractivity contribution in [2.24, 2.45) is 5.73 Å². The molecule has 2 heterocycles. The largest absolute Gasteiger partial charge is 0.493 e. The van der Waals surface area contributed by atoms with Gasteiger partial charge >= 0.3 is 0 Å². The van der Waals surface area contributed by atoms with E-state index in [0.29, 0.717) is 6.61 Å². The van der Waals surface area contributed by atoms with Gasteiger partial charge in [0.2, 0.25) is 6.79 Å². The molecule has 20 heavy (non-hydrogen) atoms. The Bertz CT molecular complexity index is 470. The molecular formula is C15H22N2O3. The predicted octanol–water partition coefficient (Wildman–Crippen LogP) is 1.61. The second-order valence-corrected chi connectivity index (χ2v) is 5.78. The van der Waals surface area contributed by atoms with Crippen LogP contribution in [-0.2, 0) is 0 Å². The van der Waals surface area contributed by atoms with E-state index in [1.165, 1.54) is 0 Å². The van der Waals surface area contributed by atoms with Crippen LogP contribution in [0.3, 0.4) is 0 Å². The molecule has 5 heteroatoms. The normalized spacial score (nSPS) is 20.9. The Hall–Kier alpha value is -1.46. The monoisotopic (exact) mass is 278 g/mol. The minimum atomic E-state index is -0.0805. The summed E-state index contributed by atoms with van der Waals surface area (Å²) < 4.78 is 16.4. The lowest BCUT2D eigenvalue weighted by molar-refractivity contribution is 0.159. The summed E-state index contributed by atoms with van der Waals surface area (Å²) in [6, 6.07) is 5.66. The van der Waals surface area contributed by atoms with E-state index in [2.05, 4.69) is 11.9 Å². The second kappa shape index (κ2) is 5.50. The molecule has 3 rings (SSSR count). The number of piperidine rings is 1. The molecular weight excluding hydrogens is 256 g/mol. The summed E-state index contributed by atoms with van der Waals surface area (Å²) in [7, 11) is 2.14. The van der Waals surface area contributed by atoms with Gasteiger partial charge < -0.3 is 24.8 Å². The summed E-state index contributed by atoms with van der Waals surface area (Å²) in [5, 5.41) is 0. The van der Waals surface area contributed by atoms with Crippen molar-refractivity contribution >= 4 is 0 Å². The van der Waals surface area contributed by atoms with Gasteiger partial charge in [-0.3, -0.25) is 0 Å². The molecule has 0 unspecified atom stereocenters. The predicted molar refractivity (Wildman–Crippen MR) is 76.3 cm³/mol. The van der Waals surface area contributed by atoms with E-state index in [9.17, 15) is 0 Å². The third-order valence-corrected chi connectivity index (χ3v) is 4.20. The van der Waals surface area contributed by atoms with Gasteiger partial charge in [-0.1, -0.05) is 0 Å². The number of likely N-dealkylation sites (tertiary alicyclic amines) is 1. The first kappa shape index (κ1) is 13.5. The van der Waals surface area contributed by atoms with E-state index in [4.69, 9.17) is 19.9 Å². The van der Waals surface area contributed by atoms with E-state index in [-0.39, 0.29) is 12.3 Å². The number of fused-ring (bicyclic) bond motifs is 1. The van der Waals surface area contributed by atoms with Gasteiger partial charge in [-0.25, -0.2) is 0 Å². The van der Waals surface area contributed by atoms with Crippen LogP contribution in [0, 0.1) is 0 Å². The van der Waals surface area contributed by atoms with Crippen molar-refractivity contribution in [3.05, 3.63) is 18.2 Å². The molecule has 0 radical (unpaired) electrons. The lowest BCUT2D eigenvalue weighted by atomic mass is 9.86. The fourth-order valence-electron chi connectivity index (χ4n) is 2.65. The third kappa shape index (κ3) is 2.99. The van der Waals surface area contributed by atoms with Crippen LogP contribution in [0.5, 0.6) is 17.2 Å². The molecule has 0 aliphatic carbocycles. The Morgan fingerprint density at radius 2 is 2.00 bits per heavy atom. The van der Waals surface area contributed by atoms with Gasteiger partial charge in [0.15, 0.2) is 11.5 Å². The number of nitrogens with zero attached hydrogens (tertiary/aromatic N) is 1. The fraction of sp³-hybridized carbons (Fsp3) is 0.600. The van der Waals surface area contributed by atoms with Crippen LogP contribution in [0.15, 0.2) is 18.2 Å². The molecule has 2 N–H and O–H groups in total. The van der Waals surface area contributed by atoms with E-state index in [1.54, 1.807) is 0 Å². The minimum absolute atomic E-state index is 0.0805. The molecule has 0 aromatic heterocycles. The SMILES string of the molecule is CN1CCC(N)(CCOc2ccc3c(c2)OCO3)CC1. The highest BCUT2D eigenvalue weighted by molar-refractivity contribution is 5.46. The van der Waals surface area contributed by atoms with Gasteiger partial charge in [-0.05, 0) is 51.5 Å². The van der Waals surface area contributed by atoms with Gasteiger partial charge in [-0.15, -0.1) is 0 Å². The van der Waals surface area contributed by atoms with Crippen molar-refractivity contribution < 1.29 is 14.2 Å². The molecule has 0 spiro atoms. The van der Waals surface area contributed by atoms with Crippen molar-refractivity contribution in [1.29, 1.82) is 0 Å². The van der Waals surface area contributed by atoms with Crippen molar-refractivity contribution in [3.63, 3.8) is 0 Å². The zero-order valence-electron chi connectivity index (χ0n) is 11.9. The Balaban J connectivity index is 1.50. The molecule has 110 valence electrons. The van der Waals surface area contributed by atoms with Crippen LogP contribution in [0.1, 0.15) is 19.3 Å². The van der Waals surface area contributed by atoms with E-state index >= 15 is 0 Å². The Kier molecular flexibility index (Phi) is 3.72. The molecule has 0 saturated carbocycles. The van der Waals surface area contributed by atoms with Gasteiger partial charge in [0.05, 0.1) is 6.61 Å². The van der Waals surface area contributed by atoms with Gasteiger partial charge in [0.25, 0.3) is 0 Å². The van der Waals surface area contributed by atoms with Crippen LogP contribution in [0.4, 0.5) is 0 Å². The summed E-state index contributed by atoms with van der Waals surface area (Å²) >= 11 is 0. The highest BCUT2D eigenvalue weighted by atomic mass is 16.7. The molecule has 0 amide bonds. The zero-order valence-corrected chi connectivity index (χ0v) is 11.9. The zero-order chi connectivity index (χ0) is 14.0. The molecule has 5 nitrogen and oxygen atoms in total. The van der Waals surface area contributed by atoms with Gasteiger partial charge in [0.1, 0.15) is 5.75 Å². The summed E-state index contributed by atoms with van der Waals surface area (Å²) in [6.45, 7) is 3.07. The van der Waals surface area contributed by atoms with Crippen molar-refractivity contribution in [1.82, 2.24) is 4.90 Å². The summed E-state index contributed by atoms with van der Waals surface area (Å²) in [5.74, 6) is 2.35. The smallest absolute Gasteiger partial charge is 0.231 e. The molecule has 1 fully saturated rings. The third-order valence-electron chi connectivity index (χ3n) is 4.20. The van der Waals surface area contributed by atoms with E-state index < -0.39 is 0 Å². The van der Waals surface area contributed by atoms with E-state index in [0.717, 1.165) is 49.6 Å². The molecule has 1 aromatic rings. The maximum absolute atomic E-state index is 6.42. The second-order valence-electron chi connectivity index (χ2n) is 5.78. The van der Waals surface area contributed by atoms with Crippen LogP contribution in [-0.4, -0.2) is 44.0 Å². The summed E-state index contributed by atoms with van der Waals surface area (Å²) in [5.41, 5.74) is 6.34. The average Bonchev–Trinajstić information content (AvgIpc) is 2.90. The first-order valence-corrected chi connectivity index (χ1v) is 7.15. The van der Waals surface area contributed by atoms with Crippen LogP contribution in [0.25, 0.3) is 0 Å². The highest BCUT2D eigenvalue weighted by Crippen LogP contribution is 2.35. The molecule has 0 atom stereocenters. The Labute approximate surface area is 119 Å². The number of benzene rings is 1. The minimum Gasteiger partial charge on any atom is -0.493 e. The molecule has 0 bridgehead atoms. The Morgan fingerprint density at radius 1 is 1.25 bits per heavy atom. The molecule has 1 saturated heterocycles. The van der Waals surface area contributed by atoms with Crippen molar-refractivity contribution in [3.8, 4) is 17.2 Å². The molecule has 2 aliphatic rings. The summed E-state index contributed by atoms with van der Waals surface area (Å²) in [6.07, 6.45) is 2.96. The van der Waals surface area contributed by atoms with E-state index in [1.807, 2.05) is 18.2 Å². The first-order chi connectivity index (χ1) is 9.65. The van der Waals surface area contributed by atoms with Gasteiger partial charge in [0, 0.05) is 11.6 Å². The number of nitrogens with two attached hydrogens (primary N) is 1. The first-order valence-electron chi connectivity index (χ1n) is 7.15. The number of ether oxygens (including phenoxy) is 3. The molecule has 1 aromatic carbocycles. The van der Waals surface area contributed by atoms with Crippen molar-refractivity contribution in [2.75, 3.05) is 33.5 Å². The maximum atomic E-state index is 6.42. The molecule has 2 aliphatic heterocycles.